The normalized spacial score (nSPS) is 28.9. The van der Waals surface area contributed by atoms with Gasteiger partial charge in [-0.25, -0.2) is 0 Å². The van der Waals surface area contributed by atoms with E-state index in [0.29, 0.717) is 11.5 Å². The number of benzene rings is 1. The van der Waals surface area contributed by atoms with Gasteiger partial charge in [0.25, 0.3) is 0 Å². The van der Waals surface area contributed by atoms with Gasteiger partial charge in [0.15, 0.2) is 0 Å². The first-order valence-electron chi connectivity index (χ1n) is 11.0. The van der Waals surface area contributed by atoms with Gasteiger partial charge in [0.05, 0.1) is 5.92 Å². The fraction of sp³-hybridized carbons (Fsp3) is 0.652. The van der Waals surface area contributed by atoms with Gasteiger partial charge < -0.3 is 14.8 Å². The van der Waals surface area contributed by atoms with Crippen LogP contribution in [0.4, 0.5) is 13.2 Å². The summed E-state index contributed by atoms with van der Waals surface area (Å²) in [5.41, 5.74) is 3.34. The number of carbonyl (C=O) groups excluding carboxylic acids is 2. The van der Waals surface area contributed by atoms with E-state index in [9.17, 15) is 18.0 Å². The lowest BCUT2D eigenvalue weighted by Crippen LogP contribution is -2.59. The summed E-state index contributed by atoms with van der Waals surface area (Å²) in [5, 5.41) is 3.77. The zero-order valence-electron chi connectivity index (χ0n) is 17.4. The van der Waals surface area contributed by atoms with E-state index in [1.165, 1.54) is 43.2 Å². The molecule has 3 fully saturated rings. The molecule has 0 radical (unpaired) electrons. The lowest BCUT2D eigenvalue weighted by atomic mass is 9.53. The maximum absolute atomic E-state index is 11.6. The van der Waals surface area contributed by atoms with E-state index in [4.69, 9.17) is 14.3 Å². The Morgan fingerprint density at radius 1 is 1.19 bits per heavy atom. The highest BCUT2D eigenvalue weighted by atomic mass is 19.4. The lowest BCUT2D eigenvalue weighted by Gasteiger charge is -2.56. The third-order valence-corrected chi connectivity index (χ3v) is 7.09. The Labute approximate surface area is 179 Å². The highest BCUT2D eigenvalue weighted by Crippen LogP contribution is 2.54. The molecule has 1 aliphatic heterocycles. The minimum absolute atomic E-state index is 0.0364. The van der Waals surface area contributed by atoms with Crippen LogP contribution >= 0.6 is 0 Å². The maximum atomic E-state index is 11.6. The molecule has 5 rings (SSSR count). The minimum Gasteiger partial charge on any atom is -0.457 e. The molecule has 0 unspecified atom stereocenters. The number of hydrogen-bond acceptors (Lipinski definition) is 5. The Morgan fingerprint density at radius 2 is 1.97 bits per heavy atom. The molecule has 2 bridgehead atoms. The monoisotopic (exact) mass is 439 g/mol. The smallest absolute Gasteiger partial charge is 0.446 e. The topological polar surface area (TPSA) is 64.6 Å². The Balaban J connectivity index is 0.000000342. The van der Waals surface area contributed by atoms with Crippen molar-refractivity contribution in [1.82, 2.24) is 5.32 Å². The molecule has 5 nitrogen and oxygen atoms in total. The molecule has 8 heteroatoms. The number of aldehydes is 1. The van der Waals surface area contributed by atoms with Crippen molar-refractivity contribution >= 4 is 12.3 Å². The number of rotatable bonds is 4. The zero-order chi connectivity index (χ0) is 22.1. The number of carbonyl (C=O) groups is 2. The van der Waals surface area contributed by atoms with Gasteiger partial charge in [-0.05, 0) is 74.2 Å². The highest BCUT2D eigenvalue weighted by Gasteiger charge is 2.51. The second-order valence-corrected chi connectivity index (χ2v) is 9.00. The van der Waals surface area contributed by atoms with Crippen molar-refractivity contribution < 1.29 is 32.2 Å². The van der Waals surface area contributed by atoms with Crippen molar-refractivity contribution in [2.45, 2.75) is 69.0 Å². The SMILES string of the molecule is O=C(OCOc1ccc2c(c1)[C@]13CCCC[C@@H]1[C@H](C2)NCC3)C1CC1.O=CC(F)(F)F. The Morgan fingerprint density at radius 3 is 2.68 bits per heavy atom. The number of hydrogen-bond donors (Lipinski definition) is 1. The molecule has 3 aliphatic carbocycles. The predicted octanol–water partition coefficient (Wildman–Crippen LogP) is 4.07. The van der Waals surface area contributed by atoms with Crippen molar-refractivity contribution in [2.24, 2.45) is 11.8 Å². The summed E-state index contributed by atoms with van der Waals surface area (Å²) in [6.45, 7) is 1.17. The van der Waals surface area contributed by atoms with E-state index in [-0.39, 0.29) is 18.7 Å². The van der Waals surface area contributed by atoms with Crippen LogP contribution in [0.3, 0.4) is 0 Å². The molecule has 1 saturated heterocycles. The van der Waals surface area contributed by atoms with E-state index in [1.807, 2.05) is 6.07 Å². The first-order valence-corrected chi connectivity index (χ1v) is 11.0. The van der Waals surface area contributed by atoms with Crippen LogP contribution < -0.4 is 10.1 Å². The van der Waals surface area contributed by atoms with Crippen LogP contribution in [0.2, 0.25) is 0 Å². The summed E-state index contributed by atoms with van der Waals surface area (Å²) in [4.78, 5) is 20.3. The standard InChI is InChI=1S/C21H27NO3.C2HF3O/c23-20(14-4-5-14)25-13-24-16-7-6-15-11-19-17-3-1-2-8-21(17,9-10-22-19)18(15)12-16;3-2(4,5)1-6/h6-7,12,14,17,19,22H,1-5,8-11,13H2;1H/t17-,19+,21+;/m1./s1. The van der Waals surface area contributed by atoms with E-state index >= 15 is 0 Å². The van der Waals surface area contributed by atoms with Crippen molar-refractivity contribution in [3.05, 3.63) is 29.3 Å². The summed E-state index contributed by atoms with van der Waals surface area (Å²) in [6.07, 6.45) is 3.98. The molecular weight excluding hydrogens is 411 g/mol. The molecule has 1 aromatic carbocycles. The molecule has 3 atom stereocenters. The van der Waals surface area contributed by atoms with Crippen molar-refractivity contribution in [3.8, 4) is 5.75 Å². The average molecular weight is 439 g/mol. The van der Waals surface area contributed by atoms with Crippen LogP contribution in [-0.2, 0) is 26.2 Å². The number of fused-ring (bicyclic) bond motifs is 1. The highest BCUT2D eigenvalue weighted by molar-refractivity contribution is 5.74. The van der Waals surface area contributed by atoms with E-state index < -0.39 is 12.5 Å². The Kier molecular flexibility index (Phi) is 6.28. The minimum atomic E-state index is -4.64. The Hall–Kier alpha value is -2.09. The van der Waals surface area contributed by atoms with Crippen LogP contribution in [0.1, 0.15) is 56.1 Å². The molecule has 2 saturated carbocycles. The number of esters is 1. The fourth-order valence-electron chi connectivity index (χ4n) is 5.59. The molecule has 0 amide bonds. The van der Waals surface area contributed by atoms with Gasteiger partial charge in [-0.2, -0.15) is 13.2 Å². The first-order chi connectivity index (χ1) is 14.8. The largest absolute Gasteiger partial charge is 0.457 e. The average Bonchev–Trinajstić information content (AvgIpc) is 3.59. The van der Waals surface area contributed by atoms with Gasteiger partial charge >= 0.3 is 12.1 Å². The van der Waals surface area contributed by atoms with Crippen molar-refractivity contribution in [3.63, 3.8) is 0 Å². The van der Waals surface area contributed by atoms with Crippen molar-refractivity contribution in [1.29, 1.82) is 0 Å². The van der Waals surface area contributed by atoms with E-state index in [0.717, 1.165) is 37.5 Å². The first kappa shape index (κ1) is 22.1. The molecule has 31 heavy (non-hydrogen) atoms. The fourth-order valence-corrected chi connectivity index (χ4v) is 5.59. The second kappa shape index (κ2) is 8.81. The van der Waals surface area contributed by atoms with Crippen LogP contribution in [0.15, 0.2) is 18.2 Å². The molecule has 1 N–H and O–H groups in total. The number of piperidine rings is 1. The molecule has 1 aromatic rings. The van der Waals surface area contributed by atoms with Crippen molar-refractivity contribution in [2.75, 3.05) is 13.3 Å². The molecular formula is C23H28F3NO4. The number of alkyl halides is 3. The third-order valence-electron chi connectivity index (χ3n) is 7.09. The lowest BCUT2D eigenvalue weighted by molar-refractivity contribution is -0.156. The molecule has 170 valence electrons. The summed E-state index contributed by atoms with van der Waals surface area (Å²) < 4.78 is 42.3. The predicted molar refractivity (Wildman–Crippen MR) is 107 cm³/mol. The van der Waals surface area contributed by atoms with Gasteiger partial charge in [-0.15, -0.1) is 0 Å². The molecule has 0 aromatic heterocycles. The van der Waals surface area contributed by atoms with E-state index in [2.05, 4.69) is 17.4 Å². The molecule has 1 heterocycles. The third kappa shape index (κ3) is 4.89. The quantitative estimate of drug-likeness (QED) is 0.435. The number of nitrogens with one attached hydrogen (secondary N) is 1. The van der Waals surface area contributed by atoms with Gasteiger partial charge in [0.1, 0.15) is 5.75 Å². The zero-order valence-corrected chi connectivity index (χ0v) is 17.4. The summed E-state index contributed by atoms with van der Waals surface area (Å²) in [6, 6.07) is 7.17. The number of ether oxygens (including phenoxy) is 2. The second-order valence-electron chi connectivity index (χ2n) is 9.00. The summed E-state index contributed by atoms with van der Waals surface area (Å²) in [5.74, 6) is 1.63. The van der Waals surface area contributed by atoms with Crippen LogP contribution in [0.5, 0.6) is 5.75 Å². The summed E-state index contributed by atoms with van der Waals surface area (Å²) in [7, 11) is 0. The van der Waals surface area contributed by atoms with Gasteiger partial charge in [0, 0.05) is 11.5 Å². The molecule has 4 aliphatic rings. The van der Waals surface area contributed by atoms with E-state index in [1.54, 1.807) is 0 Å². The van der Waals surface area contributed by atoms with Gasteiger partial charge in [-0.3, -0.25) is 9.59 Å². The van der Waals surface area contributed by atoms with Gasteiger partial charge in [0.2, 0.25) is 13.1 Å². The summed E-state index contributed by atoms with van der Waals surface area (Å²) >= 11 is 0. The van der Waals surface area contributed by atoms with Crippen LogP contribution in [0, 0.1) is 11.8 Å². The van der Waals surface area contributed by atoms with Crippen LogP contribution in [-0.4, -0.2) is 37.8 Å². The number of halogens is 3. The van der Waals surface area contributed by atoms with Gasteiger partial charge in [-0.1, -0.05) is 18.9 Å². The van der Waals surface area contributed by atoms with Crippen LogP contribution in [0.25, 0.3) is 0 Å². The Bertz CT molecular complexity index is 820. The maximum Gasteiger partial charge on any atom is 0.446 e. The molecule has 0 spiro atoms.